The molecule has 1 saturated heterocycles. The molecule has 0 bridgehead atoms. The van der Waals surface area contributed by atoms with Crippen LogP contribution in [0.4, 0.5) is 0 Å². The van der Waals surface area contributed by atoms with Crippen LogP contribution in [0.1, 0.15) is 66.8 Å². The molecule has 8 nitrogen and oxygen atoms in total. The van der Waals surface area contributed by atoms with Crippen LogP contribution in [0.25, 0.3) is 11.1 Å². The van der Waals surface area contributed by atoms with Gasteiger partial charge in [0.2, 0.25) is 0 Å². The van der Waals surface area contributed by atoms with Crippen molar-refractivity contribution in [3.63, 3.8) is 0 Å². The summed E-state index contributed by atoms with van der Waals surface area (Å²) in [4.78, 5) is 27.2. The van der Waals surface area contributed by atoms with Gasteiger partial charge in [0, 0.05) is 17.7 Å². The zero-order valence-electron chi connectivity index (χ0n) is 25.0. The molecule has 1 fully saturated rings. The summed E-state index contributed by atoms with van der Waals surface area (Å²) in [5, 5.41) is 18.8. The summed E-state index contributed by atoms with van der Waals surface area (Å²) < 4.78 is 14.0. The largest absolute Gasteiger partial charge is 0.392 e. The van der Waals surface area contributed by atoms with Gasteiger partial charge in [-0.25, -0.2) is 0 Å². The second-order valence-electron chi connectivity index (χ2n) is 11.3. The van der Waals surface area contributed by atoms with Gasteiger partial charge in [0.05, 0.1) is 36.5 Å². The van der Waals surface area contributed by atoms with Gasteiger partial charge >= 0.3 is 0 Å². The van der Waals surface area contributed by atoms with Crippen LogP contribution < -0.4 is 0 Å². The Labute approximate surface area is 275 Å². The van der Waals surface area contributed by atoms with Crippen LogP contribution in [0.5, 0.6) is 0 Å². The van der Waals surface area contributed by atoms with Gasteiger partial charge < -0.3 is 14.6 Å². The number of aromatic nitrogens is 2. The van der Waals surface area contributed by atoms with E-state index in [0.717, 1.165) is 42.7 Å². The minimum atomic E-state index is -0.598. The molecule has 10 heteroatoms. The molecule has 1 N–H and O–H groups in total. The second kappa shape index (κ2) is 13.3. The fourth-order valence-corrected chi connectivity index (χ4v) is 7.66. The molecule has 0 aliphatic carbocycles. The number of rotatable bonds is 9. The minimum Gasteiger partial charge on any atom is -0.392 e. The number of aliphatic hydroxyl groups excluding tert-OH is 1. The first-order valence-electron chi connectivity index (χ1n) is 15.0. The first-order valence-corrected chi connectivity index (χ1v) is 16.8. The van der Waals surface area contributed by atoms with Crippen LogP contribution in [-0.4, -0.2) is 43.9 Å². The van der Waals surface area contributed by atoms with Crippen molar-refractivity contribution < 1.29 is 24.2 Å². The monoisotopic (exact) mass is 649 g/mol. The maximum absolute atomic E-state index is 13.0. The smallest absolute Gasteiger partial charge is 0.261 e. The number of ether oxygens (including phenoxy) is 2. The number of thioether (sulfide) groups is 1. The molecule has 4 aromatic carbocycles. The molecule has 3 atom stereocenters. The van der Waals surface area contributed by atoms with Gasteiger partial charge in [-0.1, -0.05) is 95.9 Å². The number of aryl methyl sites for hydroxylation is 1. The predicted molar refractivity (Wildman–Crippen MR) is 176 cm³/mol. The number of nitrogens with zero attached hydrogens (tertiary/aromatic N) is 3. The molecular formula is C36H31N3O5S2. The number of aliphatic hydroxyl groups is 1. The van der Waals surface area contributed by atoms with Crippen molar-refractivity contribution in [2.75, 3.05) is 5.75 Å². The summed E-state index contributed by atoms with van der Waals surface area (Å²) >= 11 is 3.21. The highest BCUT2D eigenvalue weighted by molar-refractivity contribution is 8.01. The van der Waals surface area contributed by atoms with Crippen molar-refractivity contribution >= 4 is 34.9 Å². The van der Waals surface area contributed by atoms with E-state index in [-0.39, 0.29) is 37.2 Å². The number of hydrogen-bond acceptors (Lipinski definition) is 9. The lowest BCUT2D eigenvalue weighted by atomic mass is 9.99. The number of fused-ring (bicyclic) bond motifs is 1. The van der Waals surface area contributed by atoms with Crippen molar-refractivity contribution in [2.24, 2.45) is 0 Å². The number of imide groups is 1. The Morgan fingerprint density at radius 1 is 0.826 bits per heavy atom. The quantitative estimate of drug-likeness (QED) is 0.133. The third kappa shape index (κ3) is 6.40. The molecular weight excluding hydrogens is 619 g/mol. The summed E-state index contributed by atoms with van der Waals surface area (Å²) in [6, 6.07) is 30.8. The van der Waals surface area contributed by atoms with E-state index in [1.165, 1.54) is 4.90 Å². The molecule has 0 saturated carbocycles. The van der Waals surface area contributed by atoms with E-state index in [2.05, 4.69) is 16.3 Å². The van der Waals surface area contributed by atoms with Crippen LogP contribution in [0.3, 0.4) is 0 Å². The van der Waals surface area contributed by atoms with Gasteiger partial charge in [-0.05, 0) is 59.0 Å². The van der Waals surface area contributed by atoms with E-state index < -0.39 is 6.29 Å². The zero-order valence-corrected chi connectivity index (χ0v) is 26.7. The van der Waals surface area contributed by atoms with E-state index >= 15 is 0 Å². The van der Waals surface area contributed by atoms with Gasteiger partial charge in [0.25, 0.3) is 11.8 Å². The van der Waals surface area contributed by atoms with Gasteiger partial charge in [0.15, 0.2) is 10.6 Å². The third-order valence-electron chi connectivity index (χ3n) is 8.15. The molecule has 2 aliphatic heterocycles. The summed E-state index contributed by atoms with van der Waals surface area (Å²) in [5.74, 6) is 0.169. The average Bonchev–Trinajstić information content (AvgIpc) is 3.63. The molecule has 232 valence electrons. The molecule has 7 rings (SSSR count). The predicted octanol–water partition coefficient (Wildman–Crippen LogP) is 7.14. The lowest BCUT2D eigenvalue weighted by molar-refractivity contribution is -0.245. The van der Waals surface area contributed by atoms with Gasteiger partial charge in [-0.3, -0.25) is 14.5 Å². The SMILES string of the molecule is Cc1nnc(SCC2CC(c3ccc(CO)cc3)OC(c3cccc(-c4cccc(CN5C(=O)c6ccccc6C5=O)c4)c3)O2)s1. The first-order chi connectivity index (χ1) is 22.4. The topological polar surface area (TPSA) is 102 Å². The Morgan fingerprint density at radius 3 is 2.24 bits per heavy atom. The van der Waals surface area contributed by atoms with Gasteiger partial charge in [0.1, 0.15) is 5.01 Å². The van der Waals surface area contributed by atoms with Crippen LogP contribution in [0, 0.1) is 6.92 Å². The summed E-state index contributed by atoms with van der Waals surface area (Å²) in [6.07, 6.45) is -0.208. The van der Waals surface area contributed by atoms with E-state index in [1.807, 2.05) is 73.7 Å². The van der Waals surface area contributed by atoms with Crippen molar-refractivity contribution in [1.82, 2.24) is 15.1 Å². The highest BCUT2D eigenvalue weighted by Gasteiger charge is 2.35. The highest BCUT2D eigenvalue weighted by Crippen LogP contribution is 2.40. The number of carbonyl (C=O) groups is 2. The van der Waals surface area contributed by atoms with E-state index in [1.54, 1.807) is 47.4 Å². The summed E-state index contributed by atoms with van der Waals surface area (Å²) in [6.45, 7) is 2.13. The number of carbonyl (C=O) groups excluding carboxylic acids is 2. The molecule has 0 radical (unpaired) electrons. The fourth-order valence-electron chi connectivity index (χ4n) is 5.80. The highest BCUT2D eigenvalue weighted by atomic mass is 32.2. The molecule has 2 aliphatic rings. The van der Waals surface area contributed by atoms with E-state index in [9.17, 15) is 14.7 Å². The Hall–Kier alpha value is -4.19. The summed E-state index contributed by atoms with van der Waals surface area (Å²) in [7, 11) is 0. The standard InChI is InChI=1S/C36H31N3O5S2/c1-22-37-38-36(46-22)45-21-29-18-32(25-14-12-23(20-40)13-15-25)44-35(43-29)28-9-5-8-27(17-28)26-7-4-6-24(16-26)19-39-33(41)30-10-2-3-11-31(30)34(39)42/h2-17,29,32,35,40H,18-21H2,1H3. The van der Waals surface area contributed by atoms with Crippen LogP contribution in [-0.2, 0) is 22.6 Å². The minimum absolute atomic E-state index is 0.00956. The molecule has 3 unspecified atom stereocenters. The lowest BCUT2D eigenvalue weighted by Crippen LogP contribution is -2.31. The third-order valence-corrected chi connectivity index (χ3v) is 10.3. The van der Waals surface area contributed by atoms with Crippen molar-refractivity contribution in [3.8, 4) is 11.1 Å². The Morgan fingerprint density at radius 2 is 1.54 bits per heavy atom. The van der Waals surface area contributed by atoms with Crippen molar-refractivity contribution in [1.29, 1.82) is 0 Å². The Bertz CT molecular complexity index is 1860. The Balaban J connectivity index is 1.12. The zero-order chi connectivity index (χ0) is 31.6. The average molecular weight is 650 g/mol. The summed E-state index contributed by atoms with van der Waals surface area (Å²) in [5.41, 5.74) is 6.46. The number of amides is 2. The second-order valence-corrected chi connectivity index (χ2v) is 13.8. The molecule has 46 heavy (non-hydrogen) atoms. The van der Waals surface area contributed by atoms with Crippen molar-refractivity contribution in [3.05, 3.63) is 135 Å². The van der Waals surface area contributed by atoms with Gasteiger partial charge in [-0.2, -0.15) is 0 Å². The maximum atomic E-state index is 13.0. The first kappa shape index (κ1) is 30.5. The van der Waals surface area contributed by atoms with Gasteiger partial charge in [-0.15, -0.1) is 10.2 Å². The van der Waals surface area contributed by atoms with E-state index in [0.29, 0.717) is 23.3 Å². The number of hydrogen-bond donors (Lipinski definition) is 1. The normalized spacial score (nSPS) is 19.4. The van der Waals surface area contributed by atoms with E-state index in [4.69, 9.17) is 9.47 Å². The Kier molecular flexibility index (Phi) is 8.79. The molecule has 3 heterocycles. The lowest BCUT2D eigenvalue weighted by Gasteiger charge is -2.36. The molecule has 1 aromatic heterocycles. The van der Waals surface area contributed by atoms with Crippen molar-refractivity contribution in [2.45, 2.75) is 49.3 Å². The molecule has 2 amide bonds. The van der Waals surface area contributed by atoms with Crippen LogP contribution in [0.15, 0.2) is 101 Å². The fraction of sp³-hybridized carbons (Fsp3) is 0.222. The van der Waals surface area contributed by atoms with Crippen LogP contribution in [0.2, 0.25) is 0 Å². The molecule has 0 spiro atoms. The molecule has 5 aromatic rings. The van der Waals surface area contributed by atoms with Crippen LogP contribution >= 0.6 is 23.1 Å². The maximum Gasteiger partial charge on any atom is 0.261 e. The number of benzene rings is 4.